The van der Waals surface area contributed by atoms with E-state index in [1.165, 1.54) is 0 Å². The Kier molecular flexibility index (Phi) is 6.17. The van der Waals surface area contributed by atoms with Crippen LogP contribution in [0.25, 0.3) is 0 Å². The maximum Gasteiger partial charge on any atom is 0.235 e. The Bertz CT molecular complexity index is 330. The van der Waals surface area contributed by atoms with E-state index in [9.17, 15) is 9.59 Å². The third kappa shape index (κ3) is 4.21. The monoisotopic (exact) mass is 252 g/mol. The van der Waals surface area contributed by atoms with Crippen molar-refractivity contribution in [1.29, 1.82) is 0 Å². The molecule has 0 aromatic heterocycles. The molecule has 4 heteroatoms. The molecule has 0 N–H and O–H groups in total. The second-order valence-electron chi connectivity index (χ2n) is 5.93. The van der Waals surface area contributed by atoms with Crippen molar-refractivity contribution in [2.45, 2.75) is 65.5 Å². The Morgan fingerprint density at radius 2 is 1.11 bits per heavy atom. The van der Waals surface area contributed by atoms with Gasteiger partial charge in [-0.25, -0.2) is 9.59 Å². The van der Waals surface area contributed by atoms with Gasteiger partial charge in [0.2, 0.25) is 12.2 Å². The quantitative estimate of drug-likeness (QED) is 0.515. The highest BCUT2D eigenvalue weighted by molar-refractivity contribution is 5.35. The van der Waals surface area contributed by atoms with Crippen molar-refractivity contribution < 1.29 is 9.59 Å². The summed E-state index contributed by atoms with van der Waals surface area (Å²) in [6.07, 6.45) is 4.70. The van der Waals surface area contributed by atoms with Gasteiger partial charge in [0, 0.05) is 0 Å². The van der Waals surface area contributed by atoms with Crippen LogP contribution in [0.5, 0.6) is 0 Å². The zero-order valence-corrected chi connectivity index (χ0v) is 12.3. The van der Waals surface area contributed by atoms with Gasteiger partial charge in [-0.2, -0.15) is 9.98 Å². The molecule has 0 aliphatic rings. The summed E-state index contributed by atoms with van der Waals surface area (Å²) in [7, 11) is 0. The van der Waals surface area contributed by atoms with Crippen LogP contribution < -0.4 is 0 Å². The lowest BCUT2D eigenvalue weighted by atomic mass is 9.77. The summed E-state index contributed by atoms with van der Waals surface area (Å²) in [6, 6.07) is 0. The van der Waals surface area contributed by atoms with Gasteiger partial charge in [-0.3, -0.25) is 0 Å². The fourth-order valence-electron chi connectivity index (χ4n) is 1.66. The van der Waals surface area contributed by atoms with Crippen LogP contribution in [-0.4, -0.2) is 23.2 Å². The molecule has 0 aromatic carbocycles. The predicted molar refractivity (Wildman–Crippen MR) is 72.0 cm³/mol. The van der Waals surface area contributed by atoms with E-state index in [2.05, 4.69) is 9.98 Å². The molecule has 2 unspecified atom stereocenters. The molecule has 0 amide bonds. The van der Waals surface area contributed by atoms with Gasteiger partial charge in [0.05, 0.1) is 11.1 Å². The van der Waals surface area contributed by atoms with Gasteiger partial charge in [-0.1, -0.05) is 27.7 Å². The fraction of sp³-hybridized carbons (Fsp3) is 0.857. The summed E-state index contributed by atoms with van der Waals surface area (Å²) in [5.41, 5.74) is -0.896. The van der Waals surface area contributed by atoms with E-state index in [0.717, 1.165) is 0 Å². The number of carbonyl (C=O) groups excluding carboxylic acids is 2. The predicted octanol–water partition coefficient (Wildman–Crippen LogP) is 3.27. The van der Waals surface area contributed by atoms with E-state index < -0.39 is 11.1 Å². The first-order valence-electron chi connectivity index (χ1n) is 6.40. The van der Waals surface area contributed by atoms with Gasteiger partial charge in [0.1, 0.15) is 0 Å². The van der Waals surface area contributed by atoms with E-state index in [4.69, 9.17) is 0 Å². The van der Waals surface area contributed by atoms with Crippen LogP contribution in [0.4, 0.5) is 0 Å². The molecule has 0 heterocycles. The second-order valence-corrected chi connectivity index (χ2v) is 5.93. The van der Waals surface area contributed by atoms with Crippen molar-refractivity contribution in [3.8, 4) is 0 Å². The van der Waals surface area contributed by atoms with Crippen LogP contribution in [0.3, 0.4) is 0 Å². The van der Waals surface area contributed by atoms with Gasteiger partial charge in [-0.15, -0.1) is 0 Å². The number of hydrogen-bond acceptors (Lipinski definition) is 4. The lowest BCUT2D eigenvalue weighted by molar-refractivity contribution is 0.243. The molecule has 0 aliphatic carbocycles. The smallest absolute Gasteiger partial charge is 0.211 e. The molecule has 0 rings (SSSR count). The summed E-state index contributed by atoms with van der Waals surface area (Å²) < 4.78 is 0. The highest BCUT2D eigenvalue weighted by Crippen LogP contribution is 2.34. The minimum atomic E-state index is -0.448. The van der Waals surface area contributed by atoms with Crippen LogP contribution in [0.1, 0.15) is 54.4 Å². The summed E-state index contributed by atoms with van der Waals surface area (Å²) in [6.45, 7) is 12.0. The van der Waals surface area contributed by atoms with Gasteiger partial charge in [0.15, 0.2) is 0 Å². The Balaban J connectivity index is 5.00. The largest absolute Gasteiger partial charge is 0.235 e. The van der Waals surface area contributed by atoms with Crippen LogP contribution in [0, 0.1) is 11.8 Å². The first-order valence-corrected chi connectivity index (χ1v) is 6.40. The van der Waals surface area contributed by atoms with Crippen LogP contribution in [0.15, 0.2) is 9.98 Å². The normalized spacial score (nSPS) is 17.6. The molecule has 18 heavy (non-hydrogen) atoms. The number of nitrogens with zero attached hydrogens (tertiary/aromatic N) is 2. The zero-order valence-electron chi connectivity index (χ0n) is 12.3. The van der Waals surface area contributed by atoms with E-state index in [0.29, 0.717) is 12.8 Å². The lowest BCUT2D eigenvalue weighted by Crippen LogP contribution is -2.35. The third-order valence-corrected chi connectivity index (χ3v) is 4.23. The van der Waals surface area contributed by atoms with Crippen molar-refractivity contribution >= 4 is 12.2 Å². The van der Waals surface area contributed by atoms with Gasteiger partial charge >= 0.3 is 0 Å². The SMILES string of the molecule is CC(C)C(C)(CCC(C)(N=C=O)C(C)C)N=C=O. The molecule has 0 radical (unpaired) electrons. The number of isocyanates is 2. The maximum atomic E-state index is 10.5. The number of hydrogen-bond donors (Lipinski definition) is 0. The van der Waals surface area contributed by atoms with Crippen molar-refractivity contribution in [2.24, 2.45) is 21.8 Å². The Morgan fingerprint density at radius 1 is 0.833 bits per heavy atom. The van der Waals surface area contributed by atoms with Crippen molar-refractivity contribution in [3.63, 3.8) is 0 Å². The summed E-state index contributed by atoms with van der Waals surface area (Å²) in [5, 5.41) is 0. The molecule has 0 bridgehead atoms. The summed E-state index contributed by atoms with van der Waals surface area (Å²) in [4.78, 5) is 28.9. The molecule has 0 spiro atoms. The first-order chi connectivity index (χ1) is 8.22. The zero-order chi connectivity index (χ0) is 14.4. The minimum Gasteiger partial charge on any atom is -0.211 e. The standard InChI is InChI=1S/C14H24N2O2/c1-11(2)13(5,15-9-17)7-8-14(6,12(3)4)16-10-18/h11-12H,7-8H2,1-6H3. The average Bonchev–Trinajstić information content (AvgIpc) is 2.27. The number of aliphatic imine (C=N–C) groups is 2. The Labute approximate surface area is 110 Å². The minimum absolute atomic E-state index is 0.232. The van der Waals surface area contributed by atoms with Crippen molar-refractivity contribution in [1.82, 2.24) is 0 Å². The Hall–Kier alpha value is -1.24. The third-order valence-electron chi connectivity index (χ3n) is 4.23. The van der Waals surface area contributed by atoms with E-state index in [-0.39, 0.29) is 11.8 Å². The van der Waals surface area contributed by atoms with Gasteiger partial charge < -0.3 is 0 Å². The highest BCUT2D eigenvalue weighted by Gasteiger charge is 2.34. The van der Waals surface area contributed by atoms with E-state index in [1.54, 1.807) is 12.2 Å². The van der Waals surface area contributed by atoms with Crippen LogP contribution >= 0.6 is 0 Å². The van der Waals surface area contributed by atoms with E-state index in [1.807, 2.05) is 41.5 Å². The van der Waals surface area contributed by atoms with Crippen molar-refractivity contribution in [2.75, 3.05) is 0 Å². The second kappa shape index (κ2) is 6.63. The molecule has 102 valence electrons. The first kappa shape index (κ1) is 16.8. The van der Waals surface area contributed by atoms with Crippen LogP contribution in [-0.2, 0) is 9.59 Å². The molecule has 0 fully saturated rings. The fourth-order valence-corrected chi connectivity index (χ4v) is 1.66. The van der Waals surface area contributed by atoms with Gasteiger partial charge in [-0.05, 0) is 38.5 Å². The molecule has 0 aromatic rings. The van der Waals surface area contributed by atoms with Gasteiger partial charge in [0.25, 0.3) is 0 Å². The highest BCUT2D eigenvalue weighted by atomic mass is 16.1. The maximum absolute atomic E-state index is 10.5. The van der Waals surface area contributed by atoms with Crippen molar-refractivity contribution in [3.05, 3.63) is 0 Å². The summed E-state index contributed by atoms with van der Waals surface area (Å²) >= 11 is 0. The Morgan fingerprint density at radius 3 is 1.28 bits per heavy atom. The molecule has 0 saturated carbocycles. The number of rotatable bonds is 7. The molecular formula is C14H24N2O2. The van der Waals surface area contributed by atoms with E-state index >= 15 is 0 Å². The molecule has 2 atom stereocenters. The lowest BCUT2D eigenvalue weighted by Gasteiger charge is -2.34. The van der Waals surface area contributed by atoms with Crippen LogP contribution in [0.2, 0.25) is 0 Å². The molecule has 0 aliphatic heterocycles. The molecule has 0 saturated heterocycles. The molecule has 4 nitrogen and oxygen atoms in total. The topological polar surface area (TPSA) is 58.9 Å². The summed E-state index contributed by atoms with van der Waals surface area (Å²) in [5.74, 6) is 0.464. The average molecular weight is 252 g/mol. The molecular weight excluding hydrogens is 228 g/mol.